The Kier molecular flexibility index (Phi) is 6.09. The highest BCUT2D eigenvalue weighted by molar-refractivity contribution is 6.09. The van der Waals surface area contributed by atoms with Crippen LogP contribution in [0.15, 0.2) is 0 Å². The fourth-order valence-corrected chi connectivity index (χ4v) is 3.90. The van der Waals surface area contributed by atoms with E-state index in [9.17, 15) is 24.0 Å². The number of carbonyl (C=O) groups is 5. The standard InChI is InChI=1S/C19H28N4O6/c1-11(15(25)21-17(27)20-13-6-4-3-5-7-13)29-14(24)10-23-16(26)19(2,12-8-9-12)22-18(23)28/h11-13H,3-10H2,1-2H3,(H,22,28)(H2,20,21,25,27)/t11-,19-/m0/s1. The molecule has 3 N–H and O–H groups in total. The second-order valence-corrected chi connectivity index (χ2v) is 8.23. The molecule has 10 nitrogen and oxygen atoms in total. The first-order chi connectivity index (χ1) is 13.7. The minimum Gasteiger partial charge on any atom is -0.451 e. The first kappa shape index (κ1) is 21.1. The summed E-state index contributed by atoms with van der Waals surface area (Å²) in [5.74, 6) is -2.06. The molecule has 2 aliphatic carbocycles. The molecule has 0 unspecified atom stereocenters. The van der Waals surface area contributed by atoms with Crippen molar-refractivity contribution in [2.75, 3.05) is 6.54 Å². The Morgan fingerprint density at radius 2 is 1.83 bits per heavy atom. The molecule has 1 heterocycles. The van der Waals surface area contributed by atoms with Gasteiger partial charge in [0.05, 0.1) is 0 Å². The highest BCUT2D eigenvalue weighted by atomic mass is 16.5. The lowest BCUT2D eigenvalue weighted by Gasteiger charge is -2.23. The molecule has 6 amide bonds. The highest BCUT2D eigenvalue weighted by Gasteiger charge is 2.56. The van der Waals surface area contributed by atoms with E-state index in [4.69, 9.17) is 4.74 Å². The molecule has 3 aliphatic rings. The Hall–Kier alpha value is -2.65. The maximum absolute atomic E-state index is 12.5. The number of nitrogens with zero attached hydrogens (tertiary/aromatic N) is 1. The van der Waals surface area contributed by atoms with E-state index in [1.165, 1.54) is 6.92 Å². The lowest BCUT2D eigenvalue weighted by molar-refractivity contribution is -0.156. The van der Waals surface area contributed by atoms with Crippen molar-refractivity contribution in [2.24, 2.45) is 5.92 Å². The van der Waals surface area contributed by atoms with E-state index in [0.29, 0.717) is 0 Å². The molecule has 2 saturated carbocycles. The average molecular weight is 408 g/mol. The summed E-state index contributed by atoms with van der Waals surface area (Å²) in [6.45, 7) is 2.39. The lowest BCUT2D eigenvalue weighted by atomic mass is 9.96. The van der Waals surface area contributed by atoms with Crippen molar-refractivity contribution in [3.05, 3.63) is 0 Å². The van der Waals surface area contributed by atoms with Crippen molar-refractivity contribution in [1.29, 1.82) is 0 Å². The molecular weight excluding hydrogens is 380 g/mol. The monoisotopic (exact) mass is 408 g/mol. The minimum atomic E-state index is -1.24. The van der Waals surface area contributed by atoms with Crippen LogP contribution >= 0.6 is 0 Å². The second kappa shape index (κ2) is 8.38. The summed E-state index contributed by atoms with van der Waals surface area (Å²) >= 11 is 0. The molecule has 0 aromatic rings. The maximum atomic E-state index is 12.5. The van der Waals surface area contributed by atoms with Crippen LogP contribution in [-0.2, 0) is 19.1 Å². The van der Waals surface area contributed by atoms with Gasteiger partial charge in [0.2, 0.25) is 0 Å². The molecule has 10 heteroatoms. The molecule has 29 heavy (non-hydrogen) atoms. The van der Waals surface area contributed by atoms with Gasteiger partial charge in [-0.15, -0.1) is 0 Å². The third-order valence-corrected chi connectivity index (χ3v) is 5.84. The zero-order chi connectivity index (χ0) is 21.2. The van der Waals surface area contributed by atoms with Crippen LogP contribution in [0.5, 0.6) is 0 Å². The van der Waals surface area contributed by atoms with E-state index in [2.05, 4.69) is 16.0 Å². The quantitative estimate of drug-likeness (QED) is 0.440. The molecule has 3 fully saturated rings. The minimum absolute atomic E-state index is 0.0369. The maximum Gasteiger partial charge on any atom is 0.327 e. The van der Waals surface area contributed by atoms with Crippen LogP contribution in [0.2, 0.25) is 0 Å². The number of ether oxygens (including phenoxy) is 1. The Morgan fingerprint density at radius 1 is 1.17 bits per heavy atom. The molecule has 160 valence electrons. The van der Waals surface area contributed by atoms with Gasteiger partial charge < -0.3 is 15.4 Å². The van der Waals surface area contributed by atoms with Crippen LogP contribution in [0.3, 0.4) is 0 Å². The van der Waals surface area contributed by atoms with E-state index < -0.39 is 48.0 Å². The first-order valence-corrected chi connectivity index (χ1v) is 10.2. The van der Waals surface area contributed by atoms with E-state index in [1.54, 1.807) is 6.92 Å². The van der Waals surface area contributed by atoms with Gasteiger partial charge in [-0.1, -0.05) is 19.3 Å². The summed E-state index contributed by atoms with van der Waals surface area (Å²) in [5.41, 5.74) is -0.989. The number of esters is 1. The van der Waals surface area contributed by atoms with Crippen LogP contribution in [-0.4, -0.2) is 59.0 Å². The summed E-state index contributed by atoms with van der Waals surface area (Å²) in [6, 6.07) is -1.24. The van der Waals surface area contributed by atoms with Gasteiger partial charge in [0.25, 0.3) is 11.8 Å². The van der Waals surface area contributed by atoms with E-state index in [0.717, 1.165) is 49.8 Å². The van der Waals surface area contributed by atoms with E-state index >= 15 is 0 Å². The molecule has 0 aromatic carbocycles. The van der Waals surface area contributed by atoms with Gasteiger partial charge in [0, 0.05) is 6.04 Å². The third kappa shape index (κ3) is 4.86. The number of rotatable bonds is 6. The molecule has 0 bridgehead atoms. The predicted molar refractivity (Wildman–Crippen MR) is 100 cm³/mol. The number of urea groups is 2. The van der Waals surface area contributed by atoms with Gasteiger partial charge >= 0.3 is 18.0 Å². The normalized spacial score (nSPS) is 25.9. The molecular formula is C19H28N4O6. The number of carbonyl (C=O) groups excluding carboxylic acids is 5. The first-order valence-electron chi connectivity index (χ1n) is 10.2. The summed E-state index contributed by atoms with van der Waals surface area (Å²) in [4.78, 5) is 61.5. The van der Waals surface area contributed by atoms with Crippen molar-refractivity contribution < 1.29 is 28.7 Å². The predicted octanol–water partition coefficient (Wildman–Crippen LogP) is 0.797. The van der Waals surface area contributed by atoms with E-state index in [-0.39, 0.29) is 12.0 Å². The van der Waals surface area contributed by atoms with Crippen LogP contribution in [0.1, 0.15) is 58.8 Å². The van der Waals surface area contributed by atoms with Crippen LogP contribution in [0.4, 0.5) is 9.59 Å². The van der Waals surface area contributed by atoms with Crippen molar-refractivity contribution in [1.82, 2.24) is 20.9 Å². The fraction of sp³-hybridized carbons (Fsp3) is 0.737. The zero-order valence-corrected chi connectivity index (χ0v) is 16.8. The van der Waals surface area contributed by atoms with Gasteiger partial charge in [-0.05, 0) is 45.4 Å². The fourth-order valence-electron chi connectivity index (χ4n) is 3.90. The SMILES string of the molecule is C[C@H](OC(=O)CN1C(=O)N[C@@](C)(C2CC2)C1=O)C(=O)NC(=O)NC1CCCCC1. The van der Waals surface area contributed by atoms with Gasteiger partial charge in [-0.2, -0.15) is 0 Å². The smallest absolute Gasteiger partial charge is 0.327 e. The van der Waals surface area contributed by atoms with Crippen molar-refractivity contribution in [3.8, 4) is 0 Å². The second-order valence-electron chi connectivity index (χ2n) is 8.23. The van der Waals surface area contributed by atoms with Crippen LogP contribution in [0, 0.1) is 5.92 Å². The largest absolute Gasteiger partial charge is 0.451 e. The van der Waals surface area contributed by atoms with Gasteiger partial charge in [0.15, 0.2) is 6.10 Å². The molecule has 1 aliphatic heterocycles. The molecule has 2 atom stereocenters. The Morgan fingerprint density at radius 3 is 2.45 bits per heavy atom. The number of nitrogens with one attached hydrogen (secondary N) is 3. The molecule has 3 rings (SSSR count). The Bertz CT molecular complexity index is 715. The molecule has 1 saturated heterocycles. The number of amides is 6. The summed E-state index contributed by atoms with van der Waals surface area (Å²) in [6.07, 6.45) is 5.42. The summed E-state index contributed by atoms with van der Waals surface area (Å²) in [7, 11) is 0. The van der Waals surface area contributed by atoms with Crippen LogP contribution in [0.25, 0.3) is 0 Å². The topological polar surface area (TPSA) is 134 Å². The number of hydrogen-bond acceptors (Lipinski definition) is 6. The van der Waals surface area contributed by atoms with Gasteiger partial charge in [-0.25, -0.2) is 9.59 Å². The lowest BCUT2D eigenvalue weighted by Crippen LogP contribution is -2.49. The van der Waals surface area contributed by atoms with Crippen LogP contribution < -0.4 is 16.0 Å². The number of imide groups is 2. The Labute approximate surface area is 169 Å². The van der Waals surface area contributed by atoms with Gasteiger partial charge in [-0.3, -0.25) is 24.6 Å². The van der Waals surface area contributed by atoms with Crippen molar-refractivity contribution >= 4 is 29.8 Å². The third-order valence-electron chi connectivity index (χ3n) is 5.84. The van der Waals surface area contributed by atoms with Crippen molar-refractivity contribution in [2.45, 2.75) is 76.5 Å². The summed E-state index contributed by atoms with van der Waals surface area (Å²) in [5, 5.41) is 7.53. The summed E-state index contributed by atoms with van der Waals surface area (Å²) < 4.78 is 5.00. The molecule has 0 spiro atoms. The zero-order valence-electron chi connectivity index (χ0n) is 16.8. The average Bonchev–Trinajstić information content (AvgIpc) is 3.48. The molecule has 0 radical (unpaired) electrons. The van der Waals surface area contributed by atoms with E-state index in [1.807, 2.05) is 0 Å². The number of hydrogen-bond donors (Lipinski definition) is 3. The van der Waals surface area contributed by atoms with Crippen molar-refractivity contribution in [3.63, 3.8) is 0 Å². The van der Waals surface area contributed by atoms with Gasteiger partial charge in [0.1, 0.15) is 12.1 Å². The highest BCUT2D eigenvalue weighted by Crippen LogP contribution is 2.42. The Balaban J connectivity index is 1.44. The molecule has 0 aromatic heterocycles.